The molecule has 0 aromatic heterocycles. The van der Waals surface area contributed by atoms with Gasteiger partial charge in [0.2, 0.25) is 0 Å². The van der Waals surface area contributed by atoms with Crippen LogP contribution in [0, 0.1) is 0 Å². The first-order valence-corrected chi connectivity index (χ1v) is 7.21. The van der Waals surface area contributed by atoms with Crippen LogP contribution in [-0.2, 0) is 16.3 Å². The average molecular weight is 241 g/mol. The van der Waals surface area contributed by atoms with Gasteiger partial charge in [-0.25, -0.2) is 8.42 Å². The normalized spacial score (nSPS) is 11.9. The summed E-state index contributed by atoms with van der Waals surface area (Å²) in [5.41, 5.74) is 1.08. The van der Waals surface area contributed by atoms with E-state index < -0.39 is 9.84 Å². The molecule has 0 aliphatic rings. The van der Waals surface area contributed by atoms with Gasteiger partial charge in [0, 0.05) is 6.54 Å². The highest BCUT2D eigenvalue weighted by Gasteiger charge is 2.10. The van der Waals surface area contributed by atoms with Crippen LogP contribution in [0.5, 0.6) is 0 Å². The fourth-order valence-corrected chi connectivity index (χ4v) is 2.74. The van der Waals surface area contributed by atoms with Gasteiger partial charge in [-0.2, -0.15) is 0 Å². The molecule has 0 amide bonds. The minimum atomic E-state index is -2.92. The summed E-state index contributed by atoms with van der Waals surface area (Å²) in [7, 11) is 0.847. The van der Waals surface area contributed by atoms with E-state index in [1.165, 1.54) is 0 Å². The van der Waals surface area contributed by atoms with Crippen LogP contribution in [0.25, 0.3) is 0 Å². The number of hydrogen-bond donors (Lipinski definition) is 0. The van der Waals surface area contributed by atoms with Crippen molar-refractivity contribution < 1.29 is 8.42 Å². The van der Waals surface area contributed by atoms with Crippen molar-refractivity contribution in [3.63, 3.8) is 0 Å². The molecule has 0 heterocycles. The lowest BCUT2D eigenvalue weighted by Crippen LogP contribution is -2.24. The van der Waals surface area contributed by atoms with Crippen molar-refractivity contribution in [2.24, 2.45) is 0 Å². The third-order valence-electron chi connectivity index (χ3n) is 2.39. The van der Waals surface area contributed by atoms with E-state index in [0.717, 1.165) is 5.56 Å². The fourth-order valence-electron chi connectivity index (χ4n) is 1.34. The molecule has 0 bridgehead atoms. The van der Waals surface area contributed by atoms with Gasteiger partial charge in [-0.15, -0.1) is 0 Å². The van der Waals surface area contributed by atoms with E-state index in [-0.39, 0.29) is 11.5 Å². The van der Waals surface area contributed by atoms with Crippen molar-refractivity contribution in [1.82, 2.24) is 4.90 Å². The number of benzene rings is 1. The number of nitrogens with zero attached hydrogens (tertiary/aromatic N) is 1. The molecular weight excluding hydrogens is 222 g/mol. The number of rotatable bonds is 6. The van der Waals surface area contributed by atoms with Crippen LogP contribution in [0.1, 0.15) is 5.56 Å². The van der Waals surface area contributed by atoms with Gasteiger partial charge in [-0.1, -0.05) is 30.3 Å². The Balaban J connectivity index is 2.42. The van der Waals surface area contributed by atoms with Gasteiger partial charge in [0.15, 0.2) is 9.84 Å². The Labute approximate surface area is 98.0 Å². The van der Waals surface area contributed by atoms with Gasteiger partial charge in [-0.05, 0) is 26.1 Å². The molecule has 0 aliphatic carbocycles. The third kappa shape index (κ3) is 5.28. The van der Waals surface area contributed by atoms with Gasteiger partial charge in [0.1, 0.15) is 0 Å². The molecule has 0 unspecified atom stereocenters. The largest absolute Gasteiger partial charge is 0.308 e. The van der Waals surface area contributed by atoms with Gasteiger partial charge in [0.25, 0.3) is 0 Å². The lowest BCUT2D eigenvalue weighted by molar-refractivity contribution is 0.432. The quantitative estimate of drug-likeness (QED) is 0.751. The molecule has 0 aliphatic heterocycles. The highest BCUT2D eigenvalue weighted by atomic mass is 32.2. The second kappa shape index (κ2) is 6.01. The van der Waals surface area contributed by atoms with E-state index in [1.54, 1.807) is 0 Å². The van der Waals surface area contributed by atoms with Gasteiger partial charge >= 0.3 is 0 Å². The van der Waals surface area contributed by atoms with Crippen LogP contribution in [0.2, 0.25) is 0 Å². The molecular formula is C12H19NO2S. The average Bonchev–Trinajstić information content (AvgIpc) is 2.26. The van der Waals surface area contributed by atoms with E-state index >= 15 is 0 Å². The summed E-state index contributed by atoms with van der Waals surface area (Å²) in [6.07, 6.45) is 0.608. The molecule has 1 rings (SSSR count). The van der Waals surface area contributed by atoms with Crippen molar-refractivity contribution in [2.45, 2.75) is 6.42 Å². The Bertz CT molecular complexity index is 398. The SMILES string of the molecule is CN(C)CCS(=O)(=O)CCc1ccccc1. The maximum Gasteiger partial charge on any atom is 0.151 e. The van der Waals surface area contributed by atoms with Crippen molar-refractivity contribution in [2.75, 3.05) is 32.1 Å². The lowest BCUT2D eigenvalue weighted by Gasteiger charge is -2.09. The van der Waals surface area contributed by atoms with Crippen molar-refractivity contribution in [3.05, 3.63) is 35.9 Å². The van der Waals surface area contributed by atoms with Crippen LogP contribution >= 0.6 is 0 Å². The summed E-state index contributed by atoms with van der Waals surface area (Å²) >= 11 is 0. The molecule has 1 aromatic carbocycles. The predicted octanol–water partition coefficient (Wildman–Crippen LogP) is 1.21. The number of hydrogen-bond acceptors (Lipinski definition) is 3. The monoisotopic (exact) mass is 241 g/mol. The molecule has 0 fully saturated rings. The third-order valence-corrected chi connectivity index (χ3v) is 4.02. The zero-order chi connectivity index (χ0) is 12.0. The van der Waals surface area contributed by atoms with Crippen LogP contribution in [0.3, 0.4) is 0 Å². The highest BCUT2D eigenvalue weighted by molar-refractivity contribution is 7.91. The minimum Gasteiger partial charge on any atom is -0.308 e. The molecule has 0 saturated heterocycles. The summed E-state index contributed by atoms with van der Waals surface area (Å²) in [4.78, 5) is 1.89. The Kier molecular flexibility index (Phi) is 4.96. The number of aryl methyl sites for hydroxylation is 1. The molecule has 1 aromatic rings. The van der Waals surface area contributed by atoms with Crippen LogP contribution in [0.15, 0.2) is 30.3 Å². The van der Waals surface area contributed by atoms with Gasteiger partial charge in [0.05, 0.1) is 11.5 Å². The zero-order valence-electron chi connectivity index (χ0n) is 9.89. The smallest absolute Gasteiger partial charge is 0.151 e. The predicted molar refractivity (Wildman–Crippen MR) is 67.4 cm³/mol. The molecule has 0 saturated carbocycles. The first-order valence-electron chi connectivity index (χ1n) is 5.39. The van der Waals surface area contributed by atoms with Crippen LogP contribution in [0.4, 0.5) is 0 Å². The zero-order valence-corrected chi connectivity index (χ0v) is 10.7. The summed E-state index contributed by atoms with van der Waals surface area (Å²) in [6.45, 7) is 0.594. The highest BCUT2D eigenvalue weighted by Crippen LogP contribution is 2.02. The van der Waals surface area contributed by atoms with E-state index in [9.17, 15) is 8.42 Å². The molecule has 0 atom stereocenters. The van der Waals surface area contributed by atoms with Gasteiger partial charge in [-0.3, -0.25) is 0 Å². The fraction of sp³-hybridized carbons (Fsp3) is 0.500. The minimum absolute atomic E-state index is 0.241. The maximum atomic E-state index is 11.7. The second-order valence-electron chi connectivity index (χ2n) is 4.19. The molecule has 0 radical (unpaired) electrons. The second-order valence-corrected chi connectivity index (χ2v) is 6.49. The van der Waals surface area contributed by atoms with Crippen LogP contribution in [-0.4, -0.2) is 45.5 Å². The molecule has 3 nitrogen and oxygen atoms in total. The first-order chi connectivity index (χ1) is 7.49. The van der Waals surface area contributed by atoms with E-state index in [0.29, 0.717) is 13.0 Å². The lowest BCUT2D eigenvalue weighted by atomic mass is 10.2. The Morgan fingerprint density at radius 3 is 2.25 bits per heavy atom. The standard InChI is InChI=1S/C12H19NO2S/c1-13(2)9-11-16(14,15)10-8-12-6-4-3-5-7-12/h3-7H,8-11H2,1-2H3. The molecule has 16 heavy (non-hydrogen) atoms. The summed E-state index contributed by atoms with van der Waals surface area (Å²) in [6, 6.07) is 9.72. The summed E-state index contributed by atoms with van der Waals surface area (Å²) in [5, 5.41) is 0. The van der Waals surface area contributed by atoms with E-state index in [1.807, 2.05) is 49.3 Å². The molecule has 0 spiro atoms. The van der Waals surface area contributed by atoms with Crippen molar-refractivity contribution >= 4 is 9.84 Å². The Morgan fingerprint density at radius 2 is 1.69 bits per heavy atom. The van der Waals surface area contributed by atoms with Crippen molar-refractivity contribution in [1.29, 1.82) is 0 Å². The summed E-state index contributed by atoms with van der Waals surface area (Å²) < 4.78 is 23.4. The van der Waals surface area contributed by atoms with Gasteiger partial charge < -0.3 is 4.90 Å². The first kappa shape index (κ1) is 13.2. The summed E-state index contributed by atoms with van der Waals surface area (Å²) in [5.74, 6) is 0.484. The molecule has 4 heteroatoms. The molecule has 90 valence electrons. The van der Waals surface area contributed by atoms with Crippen LogP contribution < -0.4 is 0 Å². The van der Waals surface area contributed by atoms with Crippen molar-refractivity contribution in [3.8, 4) is 0 Å². The number of sulfone groups is 1. The maximum absolute atomic E-state index is 11.7. The van der Waals surface area contributed by atoms with E-state index in [4.69, 9.17) is 0 Å². The Morgan fingerprint density at radius 1 is 1.06 bits per heavy atom. The van der Waals surface area contributed by atoms with E-state index in [2.05, 4.69) is 0 Å². The Hall–Kier alpha value is -0.870. The topological polar surface area (TPSA) is 37.4 Å². The molecule has 0 N–H and O–H groups in total.